The van der Waals surface area contributed by atoms with Crippen LogP contribution in [-0.4, -0.2) is 35.2 Å². The van der Waals surface area contributed by atoms with Gasteiger partial charge in [-0.3, -0.25) is 4.79 Å². The van der Waals surface area contributed by atoms with E-state index < -0.39 is 0 Å². The summed E-state index contributed by atoms with van der Waals surface area (Å²) >= 11 is 0. The first-order chi connectivity index (χ1) is 12.5. The fourth-order valence-corrected chi connectivity index (χ4v) is 2.64. The van der Waals surface area contributed by atoms with E-state index in [2.05, 4.69) is 59.5 Å². The van der Waals surface area contributed by atoms with Crippen molar-refractivity contribution in [3.63, 3.8) is 0 Å². The molecule has 1 heterocycles. The van der Waals surface area contributed by atoms with Gasteiger partial charge in [0, 0.05) is 30.5 Å². The molecule has 0 fully saturated rings. The second-order valence-corrected chi connectivity index (χ2v) is 6.38. The molecule has 2 aromatic rings. The van der Waals surface area contributed by atoms with Gasteiger partial charge in [-0.25, -0.2) is 0 Å². The van der Waals surface area contributed by atoms with Gasteiger partial charge in [0.2, 0.25) is 0 Å². The first-order valence-corrected chi connectivity index (χ1v) is 9.25. The highest BCUT2D eigenvalue weighted by Crippen LogP contribution is 2.23. The minimum absolute atomic E-state index is 0.258. The highest BCUT2D eigenvalue weighted by atomic mass is 16.1. The third kappa shape index (κ3) is 4.94. The van der Waals surface area contributed by atoms with Crippen molar-refractivity contribution in [1.29, 1.82) is 0 Å². The van der Waals surface area contributed by atoms with Gasteiger partial charge in [-0.15, -0.1) is 10.2 Å². The summed E-state index contributed by atoms with van der Waals surface area (Å²) in [5.41, 5.74) is 3.26. The average molecular weight is 355 g/mol. The molecule has 1 amide bonds. The number of amides is 1. The number of rotatable bonds is 8. The van der Waals surface area contributed by atoms with Crippen LogP contribution in [0.15, 0.2) is 30.3 Å². The van der Waals surface area contributed by atoms with Crippen LogP contribution in [0.1, 0.15) is 50.2 Å². The number of hydrogen-bond donors (Lipinski definition) is 2. The molecule has 0 aliphatic rings. The monoisotopic (exact) mass is 355 g/mol. The molecule has 2 rings (SSSR count). The van der Waals surface area contributed by atoms with E-state index in [1.165, 1.54) is 0 Å². The van der Waals surface area contributed by atoms with Crippen LogP contribution >= 0.6 is 0 Å². The van der Waals surface area contributed by atoms with E-state index in [0.29, 0.717) is 17.6 Å². The Bertz CT molecular complexity index is 725. The van der Waals surface area contributed by atoms with Gasteiger partial charge in [0.1, 0.15) is 5.82 Å². The van der Waals surface area contributed by atoms with Crippen molar-refractivity contribution in [2.75, 3.05) is 28.6 Å². The molecule has 0 saturated carbocycles. The first-order valence-electron chi connectivity index (χ1n) is 9.25. The number of aromatic nitrogens is 2. The molecular formula is C20H29N5O. The predicted octanol–water partition coefficient (Wildman–Crippen LogP) is 4.09. The van der Waals surface area contributed by atoms with Gasteiger partial charge in [0.15, 0.2) is 5.69 Å². The van der Waals surface area contributed by atoms with Gasteiger partial charge in [-0.2, -0.15) is 0 Å². The molecule has 0 saturated heterocycles. The van der Waals surface area contributed by atoms with Crippen molar-refractivity contribution in [1.82, 2.24) is 10.2 Å². The van der Waals surface area contributed by atoms with Crippen molar-refractivity contribution in [3.05, 3.63) is 41.6 Å². The van der Waals surface area contributed by atoms with Crippen molar-refractivity contribution in [2.24, 2.45) is 0 Å². The molecule has 6 heteroatoms. The lowest BCUT2D eigenvalue weighted by atomic mass is 10.1. The third-order valence-corrected chi connectivity index (χ3v) is 4.49. The second kappa shape index (κ2) is 9.17. The third-order valence-electron chi connectivity index (χ3n) is 4.49. The number of nitrogens with zero attached hydrogens (tertiary/aromatic N) is 3. The van der Waals surface area contributed by atoms with Crippen LogP contribution in [0.2, 0.25) is 0 Å². The number of carbonyl (C=O) groups excluding carboxylic acids is 1. The maximum atomic E-state index is 12.4. The summed E-state index contributed by atoms with van der Waals surface area (Å²) in [4.78, 5) is 14.7. The van der Waals surface area contributed by atoms with E-state index in [4.69, 9.17) is 0 Å². The quantitative estimate of drug-likeness (QED) is 0.746. The number of benzene rings is 1. The summed E-state index contributed by atoms with van der Waals surface area (Å²) in [5, 5.41) is 14.3. The Morgan fingerprint density at radius 1 is 1.12 bits per heavy atom. The molecule has 1 aromatic heterocycles. The highest BCUT2D eigenvalue weighted by Gasteiger charge is 2.12. The highest BCUT2D eigenvalue weighted by molar-refractivity contribution is 6.03. The summed E-state index contributed by atoms with van der Waals surface area (Å²) in [6, 6.07) is 9.84. The van der Waals surface area contributed by atoms with Crippen LogP contribution < -0.4 is 15.5 Å². The number of hydrogen-bond acceptors (Lipinski definition) is 5. The lowest BCUT2D eigenvalue weighted by Crippen LogP contribution is -2.22. The van der Waals surface area contributed by atoms with E-state index in [1.54, 1.807) is 12.1 Å². The van der Waals surface area contributed by atoms with Gasteiger partial charge in [-0.1, -0.05) is 6.92 Å². The number of carbonyl (C=O) groups is 1. The van der Waals surface area contributed by atoms with Gasteiger partial charge >= 0.3 is 0 Å². The molecule has 2 N–H and O–H groups in total. The Balaban J connectivity index is 2.07. The molecule has 1 unspecified atom stereocenters. The first kappa shape index (κ1) is 19.7. The molecule has 1 atom stereocenters. The lowest BCUT2D eigenvalue weighted by molar-refractivity contribution is 0.102. The molecule has 0 radical (unpaired) electrons. The summed E-state index contributed by atoms with van der Waals surface area (Å²) < 4.78 is 0. The Kier molecular flexibility index (Phi) is 6.95. The standard InChI is InChI=1S/C20H29N5O/c1-6-15(5)21-19-12-11-18(23-24-19)20(26)22-17-10-9-16(13-14(17)4)25(7-2)8-3/h9-13,15H,6-8H2,1-5H3,(H,21,24)(H,22,26). The smallest absolute Gasteiger partial charge is 0.276 e. The largest absolute Gasteiger partial charge is 0.372 e. The van der Waals surface area contributed by atoms with Crippen molar-refractivity contribution < 1.29 is 4.79 Å². The fourth-order valence-electron chi connectivity index (χ4n) is 2.64. The maximum absolute atomic E-state index is 12.4. The van der Waals surface area contributed by atoms with Gasteiger partial charge < -0.3 is 15.5 Å². The van der Waals surface area contributed by atoms with Gasteiger partial charge in [0.25, 0.3) is 5.91 Å². The van der Waals surface area contributed by atoms with E-state index in [1.807, 2.05) is 19.1 Å². The zero-order valence-electron chi connectivity index (χ0n) is 16.3. The summed E-state index contributed by atoms with van der Waals surface area (Å²) in [6.45, 7) is 12.3. The molecule has 0 aliphatic heterocycles. The SMILES string of the molecule is CCC(C)Nc1ccc(C(=O)Nc2ccc(N(CC)CC)cc2C)nn1. The predicted molar refractivity (Wildman–Crippen MR) is 108 cm³/mol. The van der Waals surface area contributed by atoms with Crippen molar-refractivity contribution >= 4 is 23.1 Å². The molecular weight excluding hydrogens is 326 g/mol. The van der Waals surface area contributed by atoms with Crippen LogP contribution in [0.4, 0.5) is 17.2 Å². The maximum Gasteiger partial charge on any atom is 0.276 e. The van der Waals surface area contributed by atoms with Crippen LogP contribution in [0.25, 0.3) is 0 Å². The normalized spacial score (nSPS) is 11.7. The van der Waals surface area contributed by atoms with E-state index in [-0.39, 0.29) is 5.91 Å². The van der Waals surface area contributed by atoms with Gasteiger partial charge in [-0.05, 0) is 70.0 Å². The number of nitrogens with one attached hydrogen (secondary N) is 2. The Hall–Kier alpha value is -2.63. The minimum atomic E-state index is -0.258. The Morgan fingerprint density at radius 3 is 2.38 bits per heavy atom. The van der Waals surface area contributed by atoms with Gasteiger partial charge in [0.05, 0.1) is 0 Å². The van der Waals surface area contributed by atoms with Crippen molar-refractivity contribution in [3.8, 4) is 0 Å². The lowest BCUT2D eigenvalue weighted by Gasteiger charge is -2.22. The molecule has 1 aromatic carbocycles. The fraction of sp³-hybridized carbons (Fsp3) is 0.450. The zero-order valence-corrected chi connectivity index (χ0v) is 16.3. The molecule has 0 aliphatic carbocycles. The number of anilines is 3. The Labute approximate surface area is 156 Å². The van der Waals surface area contributed by atoms with E-state index in [0.717, 1.165) is 36.4 Å². The minimum Gasteiger partial charge on any atom is -0.372 e. The molecule has 26 heavy (non-hydrogen) atoms. The average Bonchev–Trinajstić information content (AvgIpc) is 2.65. The summed E-state index contributed by atoms with van der Waals surface area (Å²) in [7, 11) is 0. The van der Waals surface area contributed by atoms with Crippen LogP contribution in [0.5, 0.6) is 0 Å². The zero-order chi connectivity index (χ0) is 19.1. The summed E-state index contributed by atoms with van der Waals surface area (Å²) in [6.07, 6.45) is 0.993. The topological polar surface area (TPSA) is 70.2 Å². The summed E-state index contributed by atoms with van der Waals surface area (Å²) in [5.74, 6) is 0.418. The van der Waals surface area contributed by atoms with Crippen molar-refractivity contribution in [2.45, 2.75) is 47.1 Å². The van der Waals surface area contributed by atoms with Crippen LogP contribution in [0.3, 0.4) is 0 Å². The second-order valence-electron chi connectivity index (χ2n) is 6.38. The molecule has 0 bridgehead atoms. The molecule has 0 spiro atoms. The number of aryl methyl sites for hydroxylation is 1. The van der Waals surface area contributed by atoms with Crippen LogP contribution in [0, 0.1) is 6.92 Å². The van der Waals surface area contributed by atoms with E-state index >= 15 is 0 Å². The van der Waals surface area contributed by atoms with Crippen LogP contribution in [-0.2, 0) is 0 Å². The Morgan fingerprint density at radius 2 is 1.85 bits per heavy atom. The molecule has 140 valence electrons. The van der Waals surface area contributed by atoms with E-state index in [9.17, 15) is 4.79 Å². The molecule has 6 nitrogen and oxygen atoms in total.